The average molecular weight is 300 g/mol. The molecular formula is C12H14BrNO3. The van der Waals surface area contributed by atoms with Gasteiger partial charge in [0.1, 0.15) is 0 Å². The van der Waals surface area contributed by atoms with Crippen molar-refractivity contribution in [3.63, 3.8) is 0 Å². The normalized spacial score (nSPS) is 16.5. The predicted molar refractivity (Wildman–Crippen MR) is 67.7 cm³/mol. The Balaban J connectivity index is 2.69. The van der Waals surface area contributed by atoms with Crippen LogP contribution in [0.1, 0.15) is 28.8 Å². The van der Waals surface area contributed by atoms with Gasteiger partial charge in [-0.1, -0.05) is 0 Å². The van der Waals surface area contributed by atoms with E-state index in [1.165, 1.54) is 7.11 Å². The first-order valence-corrected chi connectivity index (χ1v) is 6.05. The molecule has 1 aromatic rings. The molecule has 0 aliphatic heterocycles. The Labute approximate surface area is 108 Å². The van der Waals surface area contributed by atoms with Gasteiger partial charge in [-0.2, -0.15) is 0 Å². The standard InChI is InChI=1S/C12H14BrNO3/c1-16-10-7(6-15)9(13)5-8(11(10)17-2)12(14)3-4-12/h5-6H,3-4,14H2,1-2H3. The molecule has 5 heteroatoms. The van der Waals surface area contributed by atoms with Crippen LogP contribution in [0.4, 0.5) is 0 Å². The maximum absolute atomic E-state index is 11.1. The number of nitrogens with two attached hydrogens (primary N) is 1. The van der Waals surface area contributed by atoms with E-state index in [-0.39, 0.29) is 5.54 Å². The van der Waals surface area contributed by atoms with E-state index in [4.69, 9.17) is 15.2 Å². The SMILES string of the molecule is COc1c(C2(N)CC2)cc(Br)c(C=O)c1OC. The minimum atomic E-state index is -0.345. The molecule has 1 aromatic carbocycles. The molecule has 0 spiro atoms. The van der Waals surface area contributed by atoms with Crippen LogP contribution < -0.4 is 15.2 Å². The summed E-state index contributed by atoms with van der Waals surface area (Å²) in [6.45, 7) is 0. The van der Waals surface area contributed by atoms with Gasteiger partial charge in [0.2, 0.25) is 0 Å². The molecule has 0 aromatic heterocycles. The summed E-state index contributed by atoms with van der Waals surface area (Å²) in [6, 6.07) is 1.85. The lowest BCUT2D eigenvalue weighted by Gasteiger charge is -2.19. The first kappa shape index (κ1) is 12.4. The topological polar surface area (TPSA) is 61.5 Å². The number of ether oxygens (including phenoxy) is 2. The van der Waals surface area contributed by atoms with E-state index in [1.807, 2.05) is 6.07 Å². The van der Waals surface area contributed by atoms with Crippen LogP contribution in [0.3, 0.4) is 0 Å². The Bertz CT molecular complexity index is 469. The van der Waals surface area contributed by atoms with Gasteiger partial charge < -0.3 is 15.2 Å². The van der Waals surface area contributed by atoms with E-state index < -0.39 is 0 Å². The summed E-state index contributed by atoms with van der Waals surface area (Å²) in [5.74, 6) is 0.987. The number of hydrogen-bond acceptors (Lipinski definition) is 4. The summed E-state index contributed by atoms with van der Waals surface area (Å²) in [5, 5.41) is 0. The zero-order valence-corrected chi connectivity index (χ0v) is 11.3. The van der Waals surface area contributed by atoms with Crippen molar-refractivity contribution in [3.05, 3.63) is 21.7 Å². The highest BCUT2D eigenvalue weighted by Crippen LogP contribution is 2.51. The maximum atomic E-state index is 11.1. The second kappa shape index (κ2) is 4.31. The molecule has 0 unspecified atom stereocenters. The highest BCUT2D eigenvalue weighted by atomic mass is 79.9. The molecule has 92 valence electrons. The van der Waals surface area contributed by atoms with Gasteiger partial charge in [-0.3, -0.25) is 4.79 Å². The lowest BCUT2D eigenvalue weighted by Crippen LogP contribution is -2.20. The molecule has 1 fully saturated rings. The van der Waals surface area contributed by atoms with Gasteiger partial charge in [0.05, 0.1) is 19.8 Å². The van der Waals surface area contributed by atoms with Crippen LogP contribution in [0.15, 0.2) is 10.5 Å². The van der Waals surface area contributed by atoms with Crippen molar-refractivity contribution in [2.24, 2.45) is 5.73 Å². The minimum absolute atomic E-state index is 0.345. The molecule has 0 saturated heterocycles. The molecule has 0 atom stereocenters. The molecule has 2 N–H and O–H groups in total. The largest absolute Gasteiger partial charge is 0.492 e. The van der Waals surface area contributed by atoms with E-state index in [1.54, 1.807) is 7.11 Å². The molecular weight excluding hydrogens is 286 g/mol. The van der Waals surface area contributed by atoms with Gasteiger partial charge >= 0.3 is 0 Å². The first-order chi connectivity index (χ1) is 8.07. The van der Waals surface area contributed by atoms with Gasteiger partial charge in [0, 0.05) is 15.6 Å². The fourth-order valence-corrected chi connectivity index (χ4v) is 2.41. The number of benzene rings is 1. The summed E-state index contributed by atoms with van der Waals surface area (Å²) >= 11 is 3.36. The number of carbonyl (C=O) groups is 1. The van der Waals surface area contributed by atoms with Crippen LogP contribution in [-0.2, 0) is 5.54 Å². The van der Waals surface area contributed by atoms with E-state index in [0.29, 0.717) is 21.5 Å². The van der Waals surface area contributed by atoms with Crippen LogP contribution >= 0.6 is 15.9 Å². The number of halogens is 1. The van der Waals surface area contributed by atoms with Crippen molar-refractivity contribution < 1.29 is 14.3 Å². The molecule has 4 nitrogen and oxygen atoms in total. The molecule has 0 bridgehead atoms. The van der Waals surface area contributed by atoms with Crippen LogP contribution in [0.2, 0.25) is 0 Å². The molecule has 1 saturated carbocycles. The average Bonchev–Trinajstić information content (AvgIpc) is 3.06. The Hall–Kier alpha value is -1.07. The first-order valence-electron chi connectivity index (χ1n) is 5.26. The zero-order valence-electron chi connectivity index (χ0n) is 9.75. The van der Waals surface area contributed by atoms with Crippen molar-refractivity contribution in [1.82, 2.24) is 0 Å². The number of aldehydes is 1. The van der Waals surface area contributed by atoms with Crippen LogP contribution in [0, 0.1) is 0 Å². The van der Waals surface area contributed by atoms with E-state index in [0.717, 1.165) is 24.7 Å². The highest BCUT2D eigenvalue weighted by molar-refractivity contribution is 9.10. The molecule has 0 heterocycles. The number of carbonyl (C=O) groups excluding carboxylic acids is 1. The van der Waals surface area contributed by atoms with Crippen molar-refractivity contribution in [3.8, 4) is 11.5 Å². The van der Waals surface area contributed by atoms with Crippen molar-refractivity contribution >= 4 is 22.2 Å². The fraction of sp³-hybridized carbons (Fsp3) is 0.417. The third kappa shape index (κ3) is 1.93. The summed E-state index contributed by atoms with van der Waals surface area (Å²) in [7, 11) is 3.06. The molecule has 0 radical (unpaired) electrons. The molecule has 2 rings (SSSR count). The summed E-state index contributed by atoms with van der Waals surface area (Å²) in [6.07, 6.45) is 2.57. The smallest absolute Gasteiger partial charge is 0.172 e. The van der Waals surface area contributed by atoms with Crippen molar-refractivity contribution in [2.45, 2.75) is 18.4 Å². The molecule has 1 aliphatic carbocycles. The predicted octanol–water partition coefficient (Wildman–Crippen LogP) is 2.23. The Kier molecular flexibility index (Phi) is 3.14. The van der Waals surface area contributed by atoms with Crippen molar-refractivity contribution in [2.75, 3.05) is 14.2 Å². The lowest BCUT2D eigenvalue weighted by molar-refractivity contribution is 0.111. The van der Waals surface area contributed by atoms with Crippen LogP contribution in [-0.4, -0.2) is 20.5 Å². The third-order valence-corrected chi connectivity index (χ3v) is 3.73. The van der Waals surface area contributed by atoms with Gasteiger partial charge in [0.25, 0.3) is 0 Å². The lowest BCUT2D eigenvalue weighted by atomic mass is 10.0. The Morgan fingerprint density at radius 2 is 1.94 bits per heavy atom. The third-order valence-electron chi connectivity index (χ3n) is 3.08. The van der Waals surface area contributed by atoms with Gasteiger partial charge in [-0.15, -0.1) is 0 Å². The monoisotopic (exact) mass is 299 g/mol. The van der Waals surface area contributed by atoms with E-state index in [9.17, 15) is 4.79 Å². The fourth-order valence-electron chi connectivity index (χ4n) is 1.91. The summed E-state index contributed by atoms with van der Waals surface area (Å²) in [4.78, 5) is 11.1. The maximum Gasteiger partial charge on any atom is 0.172 e. The summed E-state index contributed by atoms with van der Waals surface area (Å²) in [5.41, 5.74) is 7.16. The zero-order chi connectivity index (χ0) is 12.6. The van der Waals surface area contributed by atoms with E-state index in [2.05, 4.69) is 15.9 Å². The molecule has 1 aliphatic rings. The second-order valence-electron chi connectivity index (χ2n) is 4.16. The summed E-state index contributed by atoms with van der Waals surface area (Å²) < 4.78 is 11.3. The Morgan fingerprint density at radius 1 is 1.35 bits per heavy atom. The number of methoxy groups -OCH3 is 2. The quantitative estimate of drug-likeness (QED) is 0.866. The van der Waals surface area contributed by atoms with Gasteiger partial charge in [-0.25, -0.2) is 0 Å². The number of hydrogen-bond donors (Lipinski definition) is 1. The number of rotatable bonds is 4. The minimum Gasteiger partial charge on any atom is -0.492 e. The van der Waals surface area contributed by atoms with Crippen molar-refractivity contribution in [1.29, 1.82) is 0 Å². The Morgan fingerprint density at radius 3 is 2.35 bits per heavy atom. The van der Waals surface area contributed by atoms with Crippen LogP contribution in [0.5, 0.6) is 11.5 Å². The highest BCUT2D eigenvalue weighted by Gasteiger charge is 2.43. The molecule has 17 heavy (non-hydrogen) atoms. The van der Waals surface area contributed by atoms with Gasteiger partial charge in [-0.05, 0) is 34.8 Å². The van der Waals surface area contributed by atoms with Crippen LogP contribution in [0.25, 0.3) is 0 Å². The van der Waals surface area contributed by atoms with Gasteiger partial charge in [0.15, 0.2) is 17.8 Å². The van der Waals surface area contributed by atoms with E-state index >= 15 is 0 Å². The second-order valence-corrected chi connectivity index (χ2v) is 5.01. The molecule has 0 amide bonds.